The fraction of sp³-hybridized carbons (Fsp3) is 0.133. The smallest absolute Gasteiger partial charge is 0.323 e. The van der Waals surface area contributed by atoms with Crippen LogP contribution < -0.4 is 0 Å². The zero-order valence-electron chi connectivity index (χ0n) is 9.97. The molecule has 0 saturated carbocycles. The Morgan fingerprint density at radius 2 is 1.56 bits per heavy atom. The van der Waals surface area contributed by atoms with Crippen LogP contribution in [0.5, 0.6) is 0 Å². The summed E-state index contributed by atoms with van der Waals surface area (Å²) >= 11 is 3.32. The molecule has 1 atom stereocenters. The summed E-state index contributed by atoms with van der Waals surface area (Å²) in [6.07, 6.45) is 0. The third-order valence-corrected chi connectivity index (χ3v) is 3.62. The molecule has 0 unspecified atom stereocenters. The summed E-state index contributed by atoms with van der Waals surface area (Å²) in [6, 6.07) is 18.0. The van der Waals surface area contributed by atoms with Gasteiger partial charge in [-0.15, -0.1) is 0 Å². The highest BCUT2D eigenvalue weighted by Crippen LogP contribution is 2.27. The Balaban J connectivity index is 2.23. The van der Waals surface area contributed by atoms with Crippen LogP contribution in [0.1, 0.15) is 10.4 Å². The van der Waals surface area contributed by atoms with E-state index >= 15 is 0 Å². The molecule has 2 aromatic rings. The van der Waals surface area contributed by atoms with Crippen molar-refractivity contribution in [2.45, 2.75) is 4.83 Å². The summed E-state index contributed by atoms with van der Waals surface area (Å²) in [4.78, 5) is 11.0. The molecule has 2 rings (SSSR count). The molecule has 0 aliphatic rings. The van der Waals surface area contributed by atoms with Crippen LogP contribution in [0.15, 0.2) is 54.6 Å². The minimum Gasteiger partial charge on any atom is -0.468 e. The fourth-order valence-corrected chi connectivity index (χ4v) is 2.21. The second-order valence-corrected chi connectivity index (χ2v) is 4.79. The van der Waals surface area contributed by atoms with E-state index in [0.29, 0.717) is 0 Å². The monoisotopic (exact) mass is 304 g/mol. The number of carbonyl (C=O) groups excluding carboxylic acids is 1. The maximum atomic E-state index is 11.4. The summed E-state index contributed by atoms with van der Waals surface area (Å²) in [5.74, 6) is -0.289. The molecule has 0 N–H and O–H groups in total. The minimum absolute atomic E-state index is 0.289. The highest BCUT2D eigenvalue weighted by atomic mass is 79.9. The van der Waals surface area contributed by atoms with Crippen LogP contribution in [0.2, 0.25) is 0 Å². The number of carbonyl (C=O) groups is 1. The number of hydrogen-bond acceptors (Lipinski definition) is 2. The maximum Gasteiger partial charge on any atom is 0.323 e. The second-order valence-electron chi connectivity index (χ2n) is 3.87. The van der Waals surface area contributed by atoms with Gasteiger partial charge in [0.05, 0.1) is 7.11 Å². The molecule has 3 heteroatoms. The van der Waals surface area contributed by atoms with Gasteiger partial charge in [0.1, 0.15) is 4.83 Å². The molecule has 0 spiro atoms. The van der Waals surface area contributed by atoms with E-state index in [1.54, 1.807) is 0 Å². The molecule has 0 aromatic heterocycles. The lowest BCUT2D eigenvalue weighted by atomic mass is 10.0. The maximum absolute atomic E-state index is 11.4. The van der Waals surface area contributed by atoms with Crippen molar-refractivity contribution in [1.82, 2.24) is 0 Å². The van der Waals surface area contributed by atoms with Crippen molar-refractivity contribution in [3.63, 3.8) is 0 Å². The van der Waals surface area contributed by atoms with Gasteiger partial charge in [0, 0.05) is 0 Å². The van der Waals surface area contributed by atoms with Crippen molar-refractivity contribution in [3.8, 4) is 11.1 Å². The first-order valence-electron chi connectivity index (χ1n) is 5.59. The molecular weight excluding hydrogens is 292 g/mol. The molecule has 0 amide bonds. The Morgan fingerprint density at radius 1 is 1.00 bits per heavy atom. The number of benzene rings is 2. The molecular formula is C15H13BrO2. The van der Waals surface area contributed by atoms with Gasteiger partial charge in [0.2, 0.25) is 0 Å². The van der Waals surface area contributed by atoms with Crippen LogP contribution in [0.3, 0.4) is 0 Å². The van der Waals surface area contributed by atoms with Crippen LogP contribution in [0, 0.1) is 0 Å². The van der Waals surface area contributed by atoms with E-state index in [2.05, 4.69) is 28.1 Å². The molecule has 0 aliphatic heterocycles. The van der Waals surface area contributed by atoms with E-state index in [-0.39, 0.29) is 5.97 Å². The number of alkyl halides is 1. The molecule has 0 aliphatic carbocycles. The molecule has 0 saturated heterocycles. The van der Waals surface area contributed by atoms with Gasteiger partial charge >= 0.3 is 5.97 Å². The van der Waals surface area contributed by atoms with Gasteiger partial charge in [-0.05, 0) is 16.7 Å². The van der Waals surface area contributed by atoms with Crippen LogP contribution in [-0.4, -0.2) is 13.1 Å². The van der Waals surface area contributed by atoms with E-state index < -0.39 is 4.83 Å². The predicted octanol–water partition coefficient (Wildman–Crippen LogP) is 3.96. The largest absolute Gasteiger partial charge is 0.468 e. The lowest BCUT2D eigenvalue weighted by Crippen LogP contribution is -2.07. The average Bonchev–Trinajstić information content (AvgIpc) is 2.47. The Kier molecular flexibility index (Phi) is 4.15. The molecule has 0 radical (unpaired) electrons. The molecule has 0 fully saturated rings. The van der Waals surface area contributed by atoms with Crippen LogP contribution in [0.4, 0.5) is 0 Å². The van der Waals surface area contributed by atoms with Gasteiger partial charge in [0.15, 0.2) is 0 Å². The van der Waals surface area contributed by atoms with Gasteiger partial charge < -0.3 is 4.74 Å². The molecule has 92 valence electrons. The SMILES string of the molecule is COC(=O)[C@H](Br)c1ccc(-c2ccccc2)cc1. The van der Waals surface area contributed by atoms with Crippen LogP contribution in [0.25, 0.3) is 11.1 Å². The number of esters is 1. The Hall–Kier alpha value is -1.61. The zero-order chi connectivity index (χ0) is 13.0. The van der Waals surface area contributed by atoms with E-state index in [1.165, 1.54) is 7.11 Å². The third kappa shape index (κ3) is 2.79. The van der Waals surface area contributed by atoms with Crippen molar-refractivity contribution >= 4 is 21.9 Å². The van der Waals surface area contributed by atoms with Gasteiger partial charge in [-0.25, -0.2) is 0 Å². The van der Waals surface area contributed by atoms with Crippen molar-refractivity contribution in [2.24, 2.45) is 0 Å². The first kappa shape index (κ1) is 12.8. The molecule has 2 nitrogen and oxygen atoms in total. The highest BCUT2D eigenvalue weighted by Gasteiger charge is 2.17. The molecule has 2 aromatic carbocycles. The van der Waals surface area contributed by atoms with Gasteiger partial charge in [-0.1, -0.05) is 70.5 Å². The van der Waals surface area contributed by atoms with E-state index in [4.69, 9.17) is 4.74 Å². The van der Waals surface area contributed by atoms with Gasteiger partial charge in [0.25, 0.3) is 0 Å². The average molecular weight is 305 g/mol. The number of methoxy groups -OCH3 is 1. The van der Waals surface area contributed by atoms with Crippen molar-refractivity contribution in [2.75, 3.05) is 7.11 Å². The topological polar surface area (TPSA) is 26.3 Å². The quantitative estimate of drug-likeness (QED) is 0.634. The number of hydrogen-bond donors (Lipinski definition) is 0. The standard InChI is InChI=1S/C15H13BrO2/c1-18-15(17)14(16)13-9-7-12(8-10-13)11-5-3-2-4-6-11/h2-10,14H,1H3/t14-/m1/s1. The van der Waals surface area contributed by atoms with Crippen molar-refractivity contribution in [3.05, 3.63) is 60.2 Å². The summed E-state index contributed by atoms with van der Waals surface area (Å²) in [6.45, 7) is 0. The Morgan fingerprint density at radius 3 is 2.11 bits per heavy atom. The summed E-state index contributed by atoms with van der Waals surface area (Å²) < 4.78 is 4.70. The molecule has 0 heterocycles. The Labute approximate surface area is 115 Å². The van der Waals surface area contributed by atoms with E-state index in [0.717, 1.165) is 16.7 Å². The highest BCUT2D eigenvalue weighted by molar-refractivity contribution is 9.09. The normalized spacial score (nSPS) is 11.9. The van der Waals surface area contributed by atoms with Crippen molar-refractivity contribution < 1.29 is 9.53 Å². The molecule has 18 heavy (non-hydrogen) atoms. The fourth-order valence-electron chi connectivity index (χ4n) is 1.71. The van der Waals surface area contributed by atoms with E-state index in [1.807, 2.05) is 42.5 Å². The van der Waals surface area contributed by atoms with Crippen molar-refractivity contribution in [1.29, 1.82) is 0 Å². The lowest BCUT2D eigenvalue weighted by molar-refractivity contribution is -0.139. The first-order valence-corrected chi connectivity index (χ1v) is 6.51. The second kappa shape index (κ2) is 5.83. The van der Waals surface area contributed by atoms with Crippen LogP contribution >= 0.6 is 15.9 Å². The number of halogens is 1. The zero-order valence-corrected chi connectivity index (χ0v) is 11.6. The number of rotatable bonds is 3. The van der Waals surface area contributed by atoms with Gasteiger partial charge in [-0.3, -0.25) is 4.79 Å². The van der Waals surface area contributed by atoms with E-state index in [9.17, 15) is 4.79 Å². The lowest BCUT2D eigenvalue weighted by Gasteiger charge is -2.09. The third-order valence-electron chi connectivity index (χ3n) is 2.72. The summed E-state index contributed by atoms with van der Waals surface area (Å²) in [7, 11) is 1.38. The predicted molar refractivity (Wildman–Crippen MR) is 75.6 cm³/mol. The first-order chi connectivity index (χ1) is 8.72. The number of ether oxygens (including phenoxy) is 1. The summed E-state index contributed by atoms with van der Waals surface area (Å²) in [5, 5.41) is 0. The Bertz CT molecular complexity index is 520. The molecule has 0 bridgehead atoms. The van der Waals surface area contributed by atoms with Gasteiger partial charge in [-0.2, -0.15) is 0 Å². The minimum atomic E-state index is -0.410. The van der Waals surface area contributed by atoms with Crippen LogP contribution in [-0.2, 0) is 9.53 Å². The summed E-state index contributed by atoms with van der Waals surface area (Å²) in [5.41, 5.74) is 3.18.